The van der Waals surface area contributed by atoms with Gasteiger partial charge in [0.15, 0.2) is 0 Å². The Balaban J connectivity index is 1.94. The summed E-state index contributed by atoms with van der Waals surface area (Å²) in [7, 11) is 0. The molecule has 1 saturated carbocycles. The molecule has 0 heterocycles. The van der Waals surface area contributed by atoms with Gasteiger partial charge in [-0.05, 0) is 30.5 Å². The van der Waals surface area contributed by atoms with Crippen LogP contribution in [0.3, 0.4) is 0 Å². The van der Waals surface area contributed by atoms with Crippen LogP contribution in [0.15, 0.2) is 24.3 Å². The minimum atomic E-state index is -0.185. The smallest absolute Gasteiger partial charge is 0.226 e. The zero-order valence-corrected chi connectivity index (χ0v) is 12.7. The number of nitrogens with one attached hydrogen (secondary N) is 1. The van der Waals surface area contributed by atoms with Crippen molar-refractivity contribution in [3.8, 4) is 11.8 Å². The molecule has 2 rings (SSSR count). The van der Waals surface area contributed by atoms with Crippen LogP contribution >= 0.6 is 0 Å². The summed E-state index contributed by atoms with van der Waals surface area (Å²) in [5.41, 5.74) is 7.21. The standard InChI is InChI=1S/C18H24N2O/c1-18(10-3-2-4-11-18)17(21)20-14-16-8-5-7-15(13-16)9-6-12-19/h5,7-8,13H,2-4,10-12,14,19H2,1H3,(H,20,21). The molecular weight excluding hydrogens is 260 g/mol. The zero-order valence-electron chi connectivity index (χ0n) is 12.7. The molecule has 0 radical (unpaired) electrons. The molecule has 112 valence electrons. The van der Waals surface area contributed by atoms with Crippen molar-refractivity contribution in [2.45, 2.75) is 45.6 Å². The van der Waals surface area contributed by atoms with Gasteiger partial charge in [0, 0.05) is 17.5 Å². The van der Waals surface area contributed by atoms with Crippen molar-refractivity contribution < 1.29 is 4.79 Å². The Morgan fingerprint density at radius 2 is 2.10 bits per heavy atom. The van der Waals surface area contributed by atoms with E-state index in [1.54, 1.807) is 0 Å². The summed E-state index contributed by atoms with van der Waals surface area (Å²) < 4.78 is 0. The molecule has 1 aliphatic rings. The van der Waals surface area contributed by atoms with Gasteiger partial charge in [0.05, 0.1) is 6.54 Å². The fraction of sp³-hybridized carbons (Fsp3) is 0.500. The molecule has 1 aromatic carbocycles. The molecule has 0 bridgehead atoms. The lowest BCUT2D eigenvalue weighted by Crippen LogP contribution is -2.39. The quantitative estimate of drug-likeness (QED) is 0.838. The molecule has 0 unspecified atom stereocenters. The molecule has 0 saturated heterocycles. The van der Waals surface area contributed by atoms with E-state index in [4.69, 9.17) is 5.73 Å². The Morgan fingerprint density at radius 3 is 2.81 bits per heavy atom. The molecule has 0 aliphatic heterocycles. The van der Waals surface area contributed by atoms with Crippen molar-refractivity contribution in [1.29, 1.82) is 0 Å². The van der Waals surface area contributed by atoms with E-state index in [-0.39, 0.29) is 11.3 Å². The van der Waals surface area contributed by atoms with E-state index >= 15 is 0 Å². The van der Waals surface area contributed by atoms with Crippen LogP contribution in [0, 0.1) is 17.3 Å². The van der Waals surface area contributed by atoms with Crippen molar-refractivity contribution in [3.63, 3.8) is 0 Å². The summed E-state index contributed by atoms with van der Waals surface area (Å²) in [6.45, 7) is 3.01. The van der Waals surface area contributed by atoms with E-state index in [2.05, 4.69) is 24.1 Å². The van der Waals surface area contributed by atoms with Crippen LogP contribution in [0.1, 0.15) is 50.2 Å². The molecule has 1 fully saturated rings. The largest absolute Gasteiger partial charge is 0.352 e. The monoisotopic (exact) mass is 284 g/mol. The summed E-state index contributed by atoms with van der Waals surface area (Å²) >= 11 is 0. The average Bonchev–Trinajstić information content (AvgIpc) is 2.51. The van der Waals surface area contributed by atoms with E-state index in [9.17, 15) is 4.79 Å². The number of benzene rings is 1. The highest BCUT2D eigenvalue weighted by Crippen LogP contribution is 2.35. The Hall–Kier alpha value is -1.79. The third kappa shape index (κ3) is 4.34. The second kappa shape index (κ2) is 7.28. The Morgan fingerprint density at radius 1 is 1.33 bits per heavy atom. The third-order valence-corrected chi connectivity index (χ3v) is 4.22. The van der Waals surface area contributed by atoms with Gasteiger partial charge in [-0.3, -0.25) is 4.79 Å². The number of hydrogen-bond donors (Lipinski definition) is 2. The second-order valence-corrected chi connectivity index (χ2v) is 6.01. The fourth-order valence-electron chi connectivity index (χ4n) is 2.87. The van der Waals surface area contributed by atoms with Crippen molar-refractivity contribution in [2.24, 2.45) is 11.1 Å². The number of carbonyl (C=O) groups excluding carboxylic acids is 1. The first-order chi connectivity index (χ1) is 10.1. The highest BCUT2D eigenvalue weighted by molar-refractivity contribution is 5.82. The van der Waals surface area contributed by atoms with Crippen LogP contribution in [0.2, 0.25) is 0 Å². The number of hydrogen-bond acceptors (Lipinski definition) is 2. The first-order valence-electron chi connectivity index (χ1n) is 7.70. The van der Waals surface area contributed by atoms with Gasteiger partial charge in [-0.25, -0.2) is 0 Å². The van der Waals surface area contributed by atoms with E-state index in [0.29, 0.717) is 13.1 Å². The maximum atomic E-state index is 12.4. The summed E-state index contributed by atoms with van der Waals surface area (Å²) in [5.74, 6) is 6.04. The molecule has 0 atom stereocenters. The lowest BCUT2D eigenvalue weighted by atomic mass is 9.75. The summed E-state index contributed by atoms with van der Waals surface area (Å²) in [4.78, 5) is 12.4. The van der Waals surface area contributed by atoms with Crippen LogP contribution in [-0.4, -0.2) is 12.5 Å². The molecule has 0 spiro atoms. The highest BCUT2D eigenvalue weighted by atomic mass is 16.2. The van der Waals surface area contributed by atoms with Crippen LogP contribution in [-0.2, 0) is 11.3 Å². The minimum Gasteiger partial charge on any atom is -0.352 e. The molecular formula is C18H24N2O. The molecule has 1 amide bonds. The predicted octanol–water partition coefficient (Wildman–Crippen LogP) is 2.58. The van der Waals surface area contributed by atoms with E-state index in [1.807, 2.05) is 24.3 Å². The first kappa shape index (κ1) is 15.6. The van der Waals surface area contributed by atoms with E-state index < -0.39 is 0 Å². The average molecular weight is 284 g/mol. The van der Waals surface area contributed by atoms with Gasteiger partial charge in [0.1, 0.15) is 0 Å². The zero-order chi connectivity index (χ0) is 15.1. The number of nitrogens with two attached hydrogens (primary N) is 1. The van der Waals surface area contributed by atoms with E-state index in [1.165, 1.54) is 6.42 Å². The molecule has 0 aromatic heterocycles. The summed E-state index contributed by atoms with van der Waals surface area (Å²) in [6.07, 6.45) is 5.58. The lowest BCUT2D eigenvalue weighted by molar-refractivity contribution is -0.132. The normalized spacial score (nSPS) is 16.7. The van der Waals surface area contributed by atoms with Gasteiger partial charge < -0.3 is 11.1 Å². The summed E-state index contributed by atoms with van der Waals surface area (Å²) in [5, 5.41) is 3.08. The van der Waals surface area contributed by atoms with Crippen molar-refractivity contribution in [2.75, 3.05) is 6.54 Å². The van der Waals surface area contributed by atoms with Crippen LogP contribution in [0.5, 0.6) is 0 Å². The van der Waals surface area contributed by atoms with Crippen LogP contribution in [0.25, 0.3) is 0 Å². The van der Waals surface area contributed by atoms with Gasteiger partial charge in [0.25, 0.3) is 0 Å². The molecule has 1 aliphatic carbocycles. The number of amides is 1. The minimum absolute atomic E-state index is 0.181. The van der Waals surface area contributed by atoms with Crippen molar-refractivity contribution in [3.05, 3.63) is 35.4 Å². The molecule has 21 heavy (non-hydrogen) atoms. The van der Waals surface area contributed by atoms with Gasteiger partial charge >= 0.3 is 0 Å². The molecule has 3 N–H and O–H groups in total. The topological polar surface area (TPSA) is 55.1 Å². The summed E-state index contributed by atoms with van der Waals surface area (Å²) in [6, 6.07) is 7.93. The third-order valence-electron chi connectivity index (χ3n) is 4.22. The Labute approximate surface area is 127 Å². The number of carbonyl (C=O) groups is 1. The molecule has 1 aromatic rings. The number of rotatable bonds is 3. The Bertz CT molecular complexity index is 548. The van der Waals surface area contributed by atoms with E-state index in [0.717, 1.165) is 36.8 Å². The molecule has 3 heteroatoms. The van der Waals surface area contributed by atoms with Gasteiger partial charge in [-0.2, -0.15) is 0 Å². The second-order valence-electron chi connectivity index (χ2n) is 6.01. The first-order valence-corrected chi connectivity index (χ1v) is 7.70. The lowest BCUT2D eigenvalue weighted by Gasteiger charge is -2.32. The maximum Gasteiger partial charge on any atom is 0.226 e. The predicted molar refractivity (Wildman–Crippen MR) is 85.4 cm³/mol. The van der Waals surface area contributed by atoms with Gasteiger partial charge in [-0.1, -0.05) is 50.2 Å². The Kier molecular flexibility index (Phi) is 5.41. The van der Waals surface area contributed by atoms with Crippen LogP contribution in [0.4, 0.5) is 0 Å². The van der Waals surface area contributed by atoms with Gasteiger partial charge in [0.2, 0.25) is 5.91 Å². The van der Waals surface area contributed by atoms with Crippen LogP contribution < -0.4 is 11.1 Å². The van der Waals surface area contributed by atoms with Crippen molar-refractivity contribution in [1.82, 2.24) is 5.32 Å². The van der Waals surface area contributed by atoms with Gasteiger partial charge in [-0.15, -0.1) is 0 Å². The SMILES string of the molecule is CC1(C(=O)NCc2cccc(C#CCN)c2)CCCCC1. The highest BCUT2D eigenvalue weighted by Gasteiger charge is 2.34. The maximum absolute atomic E-state index is 12.4. The fourth-order valence-corrected chi connectivity index (χ4v) is 2.87. The molecule has 3 nitrogen and oxygen atoms in total. The van der Waals surface area contributed by atoms with Crippen molar-refractivity contribution >= 4 is 5.91 Å².